The average Bonchev–Trinajstić information content (AvgIpc) is 2.20. The molecule has 1 aromatic carbocycles. The van der Waals surface area contributed by atoms with Crippen LogP contribution >= 0.6 is 11.6 Å². The smallest absolute Gasteiger partial charge is 0.142 e. The van der Waals surface area contributed by atoms with Crippen LogP contribution in [0.2, 0.25) is 5.02 Å². The molecule has 0 saturated carbocycles. The third-order valence-corrected chi connectivity index (χ3v) is 2.59. The number of rotatable bonds is 3. The van der Waals surface area contributed by atoms with E-state index in [9.17, 15) is 9.50 Å². The van der Waals surface area contributed by atoms with Gasteiger partial charge in [-0.25, -0.2) is 4.39 Å². The second kappa shape index (κ2) is 4.73. The molecular weight excluding hydrogens is 205 g/mol. The quantitative estimate of drug-likeness (QED) is 0.813. The van der Waals surface area contributed by atoms with E-state index >= 15 is 0 Å². The minimum Gasteiger partial charge on any atom is -0.391 e. The Balaban J connectivity index is 2.91. The topological polar surface area (TPSA) is 46.2 Å². The number of aliphatic hydroxyl groups excluding tert-OH is 1. The molecule has 2 unspecified atom stereocenters. The van der Waals surface area contributed by atoms with Crippen molar-refractivity contribution in [1.29, 1.82) is 0 Å². The van der Waals surface area contributed by atoms with Gasteiger partial charge >= 0.3 is 0 Å². The van der Waals surface area contributed by atoms with Crippen LogP contribution in [0, 0.1) is 5.82 Å². The highest BCUT2D eigenvalue weighted by Crippen LogP contribution is 2.23. The molecular formula is C10H13ClFNO. The summed E-state index contributed by atoms with van der Waals surface area (Å²) in [5.74, 6) is -0.660. The molecule has 0 aliphatic rings. The van der Waals surface area contributed by atoms with E-state index in [0.29, 0.717) is 5.56 Å². The first kappa shape index (κ1) is 11.4. The SMILES string of the molecule is CC(c1ccc(Cl)c(F)c1)C(O)CN. The minimum atomic E-state index is -0.657. The summed E-state index contributed by atoms with van der Waals surface area (Å²) in [7, 11) is 0. The highest BCUT2D eigenvalue weighted by molar-refractivity contribution is 6.30. The second-order valence-electron chi connectivity index (χ2n) is 3.27. The largest absolute Gasteiger partial charge is 0.391 e. The lowest BCUT2D eigenvalue weighted by molar-refractivity contribution is 0.157. The molecule has 2 atom stereocenters. The van der Waals surface area contributed by atoms with Crippen LogP contribution in [0.15, 0.2) is 18.2 Å². The fraction of sp³-hybridized carbons (Fsp3) is 0.400. The molecule has 4 heteroatoms. The fourth-order valence-corrected chi connectivity index (χ4v) is 1.34. The van der Waals surface area contributed by atoms with Crippen LogP contribution in [0.25, 0.3) is 0 Å². The van der Waals surface area contributed by atoms with Gasteiger partial charge in [-0.15, -0.1) is 0 Å². The predicted molar refractivity (Wildman–Crippen MR) is 54.9 cm³/mol. The molecule has 0 aliphatic carbocycles. The van der Waals surface area contributed by atoms with E-state index in [0.717, 1.165) is 0 Å². The Morgan fingerprint density at radius 3 is 2.71 bits per heavy atom. The fourth-order valence-electron chi connectivity index (χ4n) is 1.22. The lowest BCUT2D eigenvalue weighted by Gasteiger charge is -2.17. The Bertz CT molecular complexity index is 319. The zero-order chi connectivity index (χ0) is 10.7. The van der Waals surface area contributed by atoms with Gasteiger partial charge in [-0.2, -0.15) is 0 Å². The maximum atomic E-state index is 13.1. The van der Waals surface area contributed by atoms with Gasteiger partial charge in [0.05, 0.1) is 11.1 Å². The maximum Gasteiger partial charge on any atom is 0.142 e. The molecule has 0 amide bonds. The predicted octanol–water partition coefficient (Wildman–Crippen LogP) is 1.90. The minimum absolute atomic E-state index is 0.0863. The van der Waals surface area contributed by atoms with Crippen LogP contribution in [0.3, 0.4) is 0 Å². The summed E-state index contributed by atoms with van der Waals surface area (Å²) in [5, 5.41) is 9.55. The Labute approximate surface area is 87.5 Å². The molecule has 78 valence electrons. The Hall–Kier alpha value is -0.640. The van der Waals surface area contributed by atoms with Crippen LogP contribution in [0.4, 0.5) is 4.39 Å². The molecule has 1 aromatic rings. The zero-order valence-corrected chi connectivity index (χ0v) is 8.63. The van der Waals surface area contributed by atoms with Crippen molar-refractivity contribution in [3.8, 4) is 0 Å². The lowest BCUT2D eigenvalue weighted by Crippen LogP contribution is -2.25. The summed E-state index contributed by atoms with van der Waals surface area (Å²) in [5.41, 5.74) is 6.01. The summed E-state index contributed by atoms with van der Waals surface area (Å²) < 4.78 is 13.1. The summed E-state index contributed by atoms with van der Waals surface area (Å²) in [6, 6.07) is 4.49. The van der Waals surface area contributed by atoms with Crippen molar-refractivity contribution in [1.82, 2.24) is 0 Å². The van der Waals surface area contributed by atoms with Crippen LogP contribution in [-0.4, -0.2) is 17.8 Å². The van der Waals surface area contributed by atoms with E-state index in [1.807, 2.05) is 0 Å². The van der Waals surface area contributed by atoms with Crippen molar-refractivity contribution >= 4 is 11.6 Å². The van der Waals surface area contributed by atoms with Gasteiger partial charge < -0.3 is 10.8 Å². The van der Waals surface area contributed by atoms with Gasteiger partial charge in [-0.3, -0.25) is 0 Å². The molecule has 0 aliphatic heterocycles. The van der Waals surface area contributed by atoms with E-state index in [-0.39, 0.29) is 17.5 Å². The van der Waals surface area contributed by atoms with Crippen molar-refractivity contribution in [3.05, 3.63) is 34.6 Å². The van der Waals surface area contributed by atoms with E-state index in [4.69, 9.17) is 17.3 Å². The van der Waals surface area contributed by atoms with Crippen LogP contribution in [0.1, 0.15) is 18.4 Å². The normalized spacial score (nSPS) is 15.2. The number of halogens is 2. The molecule has 3 N–H and O–H groups in total. The molecule has 0 fully saturated rings. The van der Waals surface area contributed by atoms with Gasteiger partial charge in [0, 0.05) is 12.5 Å². The van der Waals surface area contributed by atoms with Gasteiger partial charge in [0.25, 0.3) is 0 Å². The van der Waals surface area contributed by atoms with Crippen molar-refractivity contribution in [3.63, 3.8) is 0 Å². The summed E-state index contributed by atoms with van der Waals surface area (Å²) in [6.07, 6.45) is -0.657. The molecule has 0 heterocycles. The zero-order valence-electron chi connectivity index (χ0n) is 7.87. The molecule has 0 radical (unpaired) electrons. The first-order chi connectivity index (χ1) is 6.56. The maximum absolute atomic E-state index is 13.1. The third kappa shape index (κ3) is 2.44. The summed E-state index contributed by atoms with van der Waals surface area (Å²) in [6.45, 7) is 1.95. The number of benzene rings is 1. The van der Waals surface area contributed by atoms with Crippen molar-refractivity contribution in [2.75, 3.05) is 6.54 Å². The number of aliphatic hydroxyl groups is 1. The molecule has 0 saturated heterocycles. The van der Waals surface area contributed by atoms with Crippen molar-refractivity contribution in [2.45, 2.75) is 18.9 Å². The van der Waals surface area contributed by atoms with Crippen LogP contribution in [0.5, 0.6) is 0 Å². The highest BCUT2D eigenvalue weighted by atomic mass is 35.5. The summed E-state index contributed by atoms with van der Waals surface area (Å²) >= 11 is 5.54. The van der Waals surface area contributed by atoms with E-state index in [1.54, 1.807) is 13.0 Å². The Morgan fingerprint density at radius 1 is 1.57 bits per heavy atom. The lowest BCUT2D eigenvalue weighted by atomic mass is 9.95. The van der Waals surface area contributed by atoms with Gasteiger partial charge in [0.1, 0.15) is 5.82 Å². The summed E-state index contributed by atoms with van der Waals surface area (Å²) in [4.78, 5) is 0. The van der Waals surface area contributed by atoms with Crippen LogP contribution in [-0.2, 0) is 0 Å². The standard InChI is InChI=1S/C10H13ClFNO/c1-6(10(14)5-13)7-2-3-8(11)9(12)4-7/h2-4,6,10,14H,5,13H2,1H3. The first-order valence-corrected chi connectivity index (χ1v) is 4.77. The third-order valence-electron chi connectivity index (χ3n) is 2.29. The average molecular weight is 218 g/mol. The van der Waals surface area contributed by atoms with E-state index in [2.05, 4.69) is 0 Å². The van der Waals surface area contributed by atoms with Gasteiger partial charge in [0.2, 0.25) is 0 Å². The number of hydrogen-bond donors (Lipinski definition) is 2. The Kier molecular flexibility index (Phi) is 3.86. The van der Waals surface area contributed by atoms with Crippen molar-refractivity contribution in [2.24, 2.45) is 5.73 Å². The van der Waals surface area contributed by atoms with E-state index < -0.39 is 11.9 Å². The molecule has 0 bridgehead atoms. The number of nitrogens with two attached hydrogens (primary N) is 1. The van der Waals surface area contributed by atoms with Gasteiger partial charge in [-0.1, -0.05) is 24.6 Å². The highest BCUT2D eigenvalue weighted by Gasteiger charge is 2.15. The second-order valence-corrected chi connectivity index (χ2v) is 3.67. The molecule has 1 rings (SSSR count). The monoisotopic (exact) mass is 217 g/mol. The molecule has 0 spiro atoms. The van der Waals surface area contributed by atoms with Crippen molar-refractivity contribution < 1.29 is 9.50 Å². The van der Waals surface area contributed by atoms with Gasteiger partial charge in [0.15, 0.2) is 0 Å². The van der Waals surface area contributed by atoms with Gasteiger partial charge in [-0.05, 0) is 17.7 Å². The number of hydrogen-bond acceptors (Lipinski definition) is 2. The van der Waals surface area contributed by atoms with E-state index in [1.165, 1.54) is 12.1 Å². The molecule has 14 heavy (non-hydrogen) atoms. The Morgan fingerprint density at radius 2 is 2.21 bits per heavy atom. The van der Waals surface area contributed by atoms with Crippen LogP contribution < -0.4 is 5.73 Å². The molecule has 0 aromatic heterocycles. The molecule has 2 nitrogen and oxygen atoms in total. The first-order valence-electron chi connectivity index (χ1n) is 4.39.